The molecule has 2 aliphatic carbocycles. The highest BCUT2D eigenvalue weighted by Gasteiger charge is 2.62. The molecule has 0 radical (unpaired) electrons. The first-order valence-electron chi connectivity index (χ1n) is 18.1. The van der Waals surface area contributed by atoms with E-state index in [0.717, 1.165) is 11.1 Å². The van der Waals surface area contributed by atoms with Crippen LogP contribution in [-0.2, 0) is 47.0 Å². The van der Waals surface area contributed by atoms with E-state index in [4.69, 9.17) is 18.9 Å². The molecule has 1 aromatic carbocycles. The molecular weight excluding hydrogens is 710 g/mol. The molecule has 0 aromatic heterocycles. The summed E-state index contributed by atoms with van der Waals surface area (Å²) < 4.78 is 50.5. The monoisotopic (exact) mass is 759 g/mol. The van der Waals surface area contributed by atoms with Gasteiger partial charge in [-0.25, -0.2) is 18.0 Å². The first kappa shape index (κ1) is 38.2. The predicted octanol–water partition coefficient (Wildman–Crippen LogP) is 2.49. The number of alkyl carbamates (subject to hydrolysis) is 1. The van der Waals surface area contributed by atoms with Crippen LogP contribution in [0.2, 0.25) is 0 Å². The topological polar surface area (TPSA) is 199 Å². The van der Waals surface area contributed by atoms with E-state index in [1.54, 1.807) is 39.0 Å². The highest BCUT2D eigenvalue weighted by Crippen LogP contribution is 2.47. The van der Waals surface area contributed by atoms with Gasteiger partial charge in [0.15, 0.2) is 11.5 Å². The molecule has 1 saturated heterocycles. The third-order valence-electron chi connectivity index (χ3n) is 10.6. The second-order valence-electron chi connectivity index (χ2n) is 15.4. The maximum absolute atomic E-state index is 14.4. The SMILES string of the molecule is CC[C@H]1C[C@@]1(NC(=O)C1C[C@@H]2CN1C(=O)[C@H](C(C)(C)C)NC(=O)OCC/C=C/COc1c(OC)ccc3c1CN(C3)C(=O)O2)C(=O)NS(=O)(=O)C1CC1. The number of methoxy groups -OCH3 is 1. The molecule has 4 bridgehead atoms. The Morgan fingerprint density at radius 1 is 1.09 bits per heavy atom. The summed E-state index contributed by atoms with van der Waals surface area (Å²) in [5.74, 6) is -1.45. The molecule has 1 aromatic rings. The van der Waals surface area contributed by atoms with Gasteiger partial charge >= 0.3 is 12.2 Å². The van der Waals surface area contributed by atoms with Gasteiger partial charge in [0.2, 0.25) is 21.8 Å². The van der Waals surface area contributed by atoms with E-state index >= 15 is 0 Å². The third-order valence-corrected chi connectivity index (χ3v) is 12.4. The van der Waals surface area contributed by atoms with Crippen LogP contribution in [0.1, 0.15) is 77.3 Å². The zero-order valence-corrected chi connectivity index (χ0v) is 31.6. The summed E-state index contributed by atoms with van der Waals surface area (Å²) in [6.07, 6.45) is 3.05. The summed E-state index contributed by atoms with van der Waals surface area (Å²) in [6.45, 7) is 7.56. The summed E-state index contributed by atoms with van der Waals surface area (Å²) in [5.41, 5.74) is -0.716. The van der Waals surface area contributed by atoms with Crippen LogP contribution in [-0.4, -0.2) is 104 Å². The first-order chi connectivity index (χ1) is 25.1. The number of benzene rings is 1. The lowest BCUT2D eigenvalue weighted by molar-refractivity contribution is -0.143. The van der Waals surface area contributed by atoms with Gasteiger partial charge in [-0.2, -0.15) is 0 Å². The van der Waals surface area contributed by atoms with Crippen LogP contribution in [0.15, 0.2) is 24.3 Å². The number of rotatable bonds is 7. The van der Waals surface area contributed by atoms with Gasteiger partial charge in [-0.05, 0) is 48.6 Å². The van der Waals surface area contributed by atoms with Crippen LogP contribution in [0, 0.1) is 11.3 Å². The molecule has 0 spiro atoms. The normalized spacial score (nSPS) is 28.5. The average molecular weight is 760 g/mol. The summed E-state index contributed by atoms with van der Waals surface area (Å²) >= 11 is 0. The second-order valence-corrected chi connectivity index (χ2v) is 17.4. The Hall–Kier alpha value is -4.54. The zero-order valence-electron chi connectivity index (χ0n) is 30.8. The molecule has 17 heteroatoms. The molecule has 3 fully saturated rings. The number of hydrogen-bond donors (Lipinski definition) is 3. The van der Waals surface area contributed by atoms with E-state index in [2.05, 4.69) is 15.4 Å². The quantitative estimate of drug-likeness (QED) is 0.345. The van der Waals surface area contributed by atoms with E-state index in [9.17, 15) is 32.4 Å². The maximum atomic E-state index is 14.4. The molecule has 5 aliphatic rings. The Labute approximate surface area is 309 Å². The second kappa shape index (κ2) is 14.7. The van der Waals surface area contributed by atoms with Gasteiger partial charge < -0.3 is 34.5 Å². The van der Waals surface area contributed by atoms with Crippen molar-refractivity contribution in [3.8, 4) is 11.5 Å². The molecule has 5 atom stereocenters. The number of fused-ring (bicyclic) bond motifs is 3. The Morgan fingerprint density at radius 2 is 1.85 bits per heavy atom. The van der Waals surface area contributed by atoms with Gasteiger partial charge in [0.25, 0.3) is 5.91 Å². The molecule has 53 heavy (non-hydrogen) atoms. The first-order valence-corrected chi connectivity index (χ1v) is 19.7. The predicted molar refractivity (Wildman–Crippen MR) is 189 cm³/mol. The lowest BCUT2D eigenvalue weighted by Crippen LogP contribution is -2.60. The van der Waals surface area contributed by atoms with Crippen molar-refractivity contribution in [3.63, 3.8) is 0 Å². The molecule has 5 amide bonds. The summed E-state index contributed by atoms with van der Waals surface area (Å²) in [4.78, 5) is 71.5. The number of hydrogen-bond acceptors (Lipinski definition) is 11. The lowest BCUT2D eigenvalue weighted by Gasteiger charge is -2.35. The van der Waals surface area contributed by atoms with Crippen molar-refractivity contribution >= 4 is 39.9 Å². The number of ether oxygens (including phenoxy) is 4. The molecular formula is C36H49N5O11S. The van der Waals surface area contributed by atoms with Gasteiger partial charge in [0.05, 0.1) is 32.1 Å². The summed E-state index contributed by atoms with van der Waals surface area (Å²) in [6, 6.07) is 1.25. The molecule has 3 N–H and O–H groups in total. The minimum absolute atomic E-state index is 0.0262. The van der Waals surface area contributed by atoms with E-state index in [0.29, 0.717) is 37.2 Å². The van der Waals surface area contributed by atoms with Gasteiger partial charge in [-0.1, -0.05) is 52.3 Å². The Bertz CT molecular complexity index is 1790. The fourth-order valence-electron chi connectivity index (χ4n) is 7.27. The fraction of sp³-hybridized carbons (Fsp3) is 0.639. The van der Waals surface area contributed by atoms with Crippen molar-refractivity contribution < 1.29 is 51.3 Å². The lowest BCUT2D eigenvalue weighted by atomic mass is 9.85. The Morgan fingerprint density at radius 3 is 2.51 bits per heavy atom. The number of nitrogens with zero attached hydrogens (tertiary/aromatic N) is 2. The van der Waals surface area contributed by atoms with Crippen molar-refractivity contribution in [2.24, 2.45) is 11.3 Å². The van der Waals surface area contributed by atoms with Crippen LogP contribution in [0.25, 0.3) is 0 Å². The molecule has 6 rings (SSSR count). The molecule has 3 aliphatic heterocycles. The standard InChI is InChI=1S/C36H49N5O11S/c1-6-22-17-36(22,32(44)39-53(47,48)24-11-12-24)38-30(42)26-16-23-19-41(26)31(43)29(35(2,3)4)37-33(45)51-15-9-7-8-14-50-28-25-20-40(34(46)52-23)18-21(25)10-13-27(28)49-5/h7-8,10,13,22-24,26,29H,6,9,11-12,14-20H2,1-5H3,(H,37,45)(H,38,42)(H,39,44)/b8-7+/t22-,23+,26?,29+,36-/m0/s1. The number of sulfonamides is 1. The number of carbonyl (C=O) groups is 5. The van der Waals surface area contributed by atoms with E-state index in [1.165, 1.54) is 16.9 Å². The van der Waals surface area contributed by atoms with Crippen molar-refractivity contribution in [2.45, 2.75) is 108 Å². The van der Waals surface area contributed by atoms with Gasteiger partial charge in [0, 0.05) is 18.5 Å². The van der Waals surface area contributed by atoms with Crippen LogP contribution in [0.3, 0.4) is 0 Å². The van der Waals surface area contributed by atoms with E-state index in [-0.39, 0.29) is 51.6 Å². The number of carbonyl (C=O) groups excluding carboxylic acids is 5. The van der Waals surface area contributed by atoms with Crippen molar-refractivity contribution in [2.75, 3.05) is 26.9 Å². The largest absolute Gasteiger partial charge is 0.493 e. The molecule has 2 saturated carbocycles. The molecule has 290 valence electrons. The minimum atomic E-state index is -3.89. The molecule has 16 nitrogen and oxygen atoms in total. The number of cyclic esters (lactones) is 1. The van der Waals surface area contributed by atoms with Gasteiger partial charge in [-0.15, -0.1) is 0 Å². The maximum Gasteiger partial charge on any atom is 0.410 e. The highest BCUT2D eigenvalue weighted by molar-refractivity contribution is 7.91. The van der Waals surface area contributed by atoms with Crippen molar-refractivity contribution in [1.82, 2.24) is 25.2 Å². The zero-order chi connectivity index (χ0) is 38.3. The number of amides is 5. The Balaban J connectivity index is 1.28. The van der Waals surface area contributed by atoms with Crippen LogP contribution >= 0.6 is 0 Å². The van der Waals surface area contributed by atoms with Crippen LogP contribution in [0.5, 0.6) is 11.5 Å². The fourth-order valence-corrected chi connectivity index (χ4v) is 8.63. The van der Waals surface area contributed by atoms with Crippen LogP contribution in [0.4, 0.5) is 9.59 Å². The van der Waals surface area contributed by atoms with Crippen molar-refractivity contribution in [3.05, 3.63) is 35.4 Å². The van der Waals surface area contributed by atoms with Crippen LogP contribution < -0.4 is 24.8 Å². The van der Waals surface area contributed by atoms with E-state index in [1.807, 2.05) is 13.0 Å². The van der Waals surface area contributed by atoms with Gasteiger partial charge in [-0.3, -0.25) is 24.0 Å². The number of nitrogens with one attached hydrogen (secondary N) is 3. The Kier molecular flexibility index (Phi) is 10.6. The minimum Gasteiger partial charge on any atom is -0.493 e. The van der Waals surface area contributed by atoms with E-state index < -0.39 is 74.3 Å². The average Bonchev–Trinajstić information content (AvgIpc) is 3.99. The molecule has 3 heterocycles. The van der Waals surface area contributed by atoms with Gasteiger partial charge in [0.1, 0.15) is 30.3 Å². The highest BCUT2D eigenvalue weighted by atomic mass is 32.2. The summed E-state index contributed by atoms with van der Waals surface area (Å²) in [5, 5.41) is 4.82. The summed E-state index contributed by atoms with van der Waals surface area (Å²) in [7, 11) is -2.37. The third kappa shape index (κ3) is 8.04. The smallest absolute Gasteiger partial charge is 0.410 e. The van der Waals surface area contributed by atoms with Crippen molar-refractivity contribution in [1.29, 1.82) is 0 Å². The molecule has 1 unspecified atom stereocenters.